The molecule has 0 unspecified atom stereocenters. The second kappa shape index (κ2) is 6.51. The summed E-state index contributed by atoms with van der Waals surface area (Å²) in [6, 6.07) is 11.1. The Morgan fingerprint density at radius 2 is 1.66 bits per heavy atom. The first-order valence-electron chi connectivity index (χ1n) is 8.55. The van der Waals surface area contributed by atoms with E-state index in [-0.39, 0.29) is 22.1 Å². The zero-order valence-corrected chi connectivity index (χ0v) is 15.3. The van der Waals surface area contributed by atoms with Crippen LogP contribution < -0.4 is 16.2 Å². The summed E-state index contributed by atoms with van der Waals surface area (Å²) < 4.78 is 50.5. The zero-order chi connectivity index (χ0) is 20.9. The third kappa shape index (κ3) is 3.26. The minimum absolute atomic E-state index is 0.00294. The molecule has 148 valence electrons. The van der Waals surface area contributed by atoms with Crippen molar-refractivity contribution < 1.29 is 22.0 Å². The molecule has 0 atom stereocenters. The maximum atomic E-state index is 13.4. The highest BCUT2D eigenvalue weighted by molar-refractivity contribution is 5.95. The second-order valence-electron chi connectivity index (χ2n) is 6.72. The third-order valence-corrected chi connectivity index (χ3v) is 4.60. The molecule has 2 aromatic carbocycles. The van der Waals surface area contributed by atoms with Gasteiger partial charge in [-0.15, -0.1) is 0 Å². The number of hydrogen-bond donors (Lipinski definition) is 0. The van der Waals surface area contributed by atoms with Gasteiger partial charge in [-0.25, -0.2) is 9.59 Å². The van der Waals surface area contributed by atoms with Crippen molar-refractivity contribution in [2.45, 2.75) is 6.18 Å². The number of hydrogen-bond acceptors (Lipinski definition) is 5. The Kier molecular flexibility index (Phi) is 4.22. The molecule has 0 N–H and O–H groups in total. The van der Waals surface area contributed by atoms with E-state index in [1.54, 1.807) is 12.1 Å². The van der Waals surface area contributed by atoms with E-state index in [1.165, 1.54) is 24.3 Å². The molecule has 0 saturated heterocycles. The van der Waals surface area contributed by atoms with Crippen LogP contribution >= 0.6 is 0 Å². The van der Waals surface area contributed by atoms with Gasteiger partial charge in [0.2, 0.25) is 0 Å². The van der Waals surface area contributed by atoms with Crippen LogP contribution in [0.2, 0.25) is 0 Å². The van der Waals surface area contributed by atoms with Gasteiger partial charge >= 0.3 is 17.4 Å². The lowest BCUT2D eigenvalue weighted by atomic mass is 10.0. The highest BCUT2D eigenvalue weighted by Crippen LogP contribution is 2.37. The van der Waals surface area contributed by atoms with Gasteiger partial charge in [0.15, 0.2) is 0 Å². The molecule has 4 rings (SSSR count). The lowest BCUT2D eigenvalue weighted by molar-refractivity contribution is -0.136. The maximum absolute atomic E-state index is 13.4. The smallest absolute Gasteiger partial charge is 0.417 e. The SMILES string of the molecule is CN(C)c1ccc2cc(-c3cccc4c(C(F)(F)F)cc(=O)oc34)c(=O)oc2c1. The highest BCUT2D eigenvalue weighted by atomic mass is 19.4. The van der Waals surface area contributed by atoms with Crippen LogP contribution in [0.1, 0.15) is 5.56 Å². The van der Waals surface area contributed by atoms with Crippen molar-refractivity contribution in [3.05, 3.63) is 74.9 Å². The molecule has 0 aliphatic heterocycles. The Bertz CT molecular complexity index is 1370. The monoisotopic (exact) mass is 401 g/mol. The summed E-state index contributed by atoms with van der Waals surface area (Å²) in [5.41, 5.74) is -2.13. The molecule has 5 nitrogen and oxygen atoms in total. The van der Waals surface area contributed by atoms with Crippen molar-refractivity contribution in [1.29, 1.82) is 0 Å². The summed E-state index contributed by atoms with van der Waals surface area (Å²) in [5.74, 6) is 0. The van der Waals surface area contributed by atoms with Gasteiger partial charge in [0, 0.05) is 48.3 Å². The molecule has 2 heterocycles. The molecule has 4 aromatic rings. The molecule has 8 heteroatoms. The molecular weight excluding hydrogens is 387 g/mol. The first kappa shape index (κ1) is 18.8. The van der Waals surface area contributed by atoms with Crippen LogP contribution in [-0.2, 0) is 6.18 Å². The van der Waals surface area contributed by atoms with E-state index in [9.17, 15) is 22.8 Å². The number of rotatable bonds is 2. The first-order valence-corrected chi connectivity index (χ1v) is 8.55. The average molecular weight is 401 g/mol. The minimum atomic E-state index is -4.75. The number of halogens is 3. The van der Waals surface area contributed by atoms with Gasteiger partial charge in [0.25, 0.3) is 0 Å². The summed E-state index contributed by atoms with van der Waals surface area (Å²) in [7, 11) is 3.67. The molecule has 0 fully saturated rings. The molecule has 0 radical (unpaired) electrons. The normalized spacial score (nSPS) is 11.9. The van der Waals surface area contributed by atoms with Gasteiger partial charge in [-0.05, 0) is 18.2 Å². The number of alkyl halides is 3. The number of fused-ring (bicyclic) bond motifs is 2. The van der Waals surface area contributed by atoms with Crippen LogP contribution in [-0.4, -0.2) is 14.1 Å². The Hall–Kier alpha value is -3.55. The Labute approximate surface area is 161 Å². The number of para-hydroxylation sites is 1. The van der Waals surface area contributed by atoms with E-state index >= 15 is 0 Å². The van der Waals surface area contributed by atoms with E-state index in [1.807, 2.05) is 25.1 Å². The molecule has 0 spiro atoms. The van der Waals surface area contributed by atoms with Crippen molar-refractivity contribution in [3.63, 3.8) is 0 Å². The van der Waals surface area contributed by atoms with Gasteiger partial charge in [-0.2, -0.15) is 13.2 Å². The molecule has 0 amide bonds. The predicted molar refractivity (Wildman–Crippen MR) is 103 cm³/mol. The van der Waals surface area contributed by atoms with Crippen LogP contribution in [0.15, 0.2) is 67.0 Å². The summed E-state index contributed by atoms with van der Waals surface area (Å²) in [6.45, 7) is 0. The Morgan fingerprint density at radius 3 is 2.34 bits per heavy atom. The summed E-state index contributed by atoms with van der Waals surface area (Å²) in [6.07, 6.45) is -4.75. The predicted octanol–water partition coefficient (Wildman–Crippen LogP) is 4.65. The van der Waals surface area contributed by atoms with Crippen molar-refractivity contribution in [1.82, 2.24) is 0 Å². The van der Waals surface area contributed by atoms with Crippen LogP contribution in [0.5, 0.6) is 0 Å². The maximum Gasteiger partial charge on any atom is 0.417 e. The Morgan fingerprint density at radius 1 is 0.897 bits per heavy atom. The molecule has 0 saturated carbocycles. The van der Waals surface area contributed by atoms with E-state index in [2.05, 4.69) is 0 Å². The van der Waals surface area contributed by atoms with E-state index < -0.39 is 23.0 Å². The van der Waals surface area contributed by atoms with Crippen molar-refractivity contribution in [2.75, 3.05) is 19.0 Å². The fourth-order valence-corrected chi connectivity index (χ4v) is 3.20. The van der Waals surface area contributed by atoms with Gasteiger partial charge in [-0.1, -0.05) is 18.2 Å². The largest absolute Gasteiger partial charge is 0.422 e. The first-order chi connectivity index (χ1) is 13.6. The molecule has 0 aliphatic carbocycles. The van der Waals surface area contributed by atoms with Crippen molar-refractivity contribution in [3.8, 4) is 11.1 Å². The molecular formula is C21H14F3NO4. The number of benzene rings is 2. The third-order valence-electron chi connectivity index (χ3n) is 4.60. The molecule has 0 aliphatic rings. The van der Waals surface area contributed by atoms with E-state index in [0.717, 1.165) is 5.69 Å². The summed E-state index contributed by atoms with van der Waals surface area (Å²) >= 11 is 0. The van der Waals surface area contributed by atoms with Crippen LogP contribution in [0.4, 0.5) is 18.9 Å². The topological polar surface area (TPSA) is 63.7 Å². The van der Waals surface area contributed by atoms with Gasteiger partial charge in [0.1, 0.15) is 11.2 Å². The molecule has 2 aromatic heterocycles. The van der Waals surface area contributed by atoms with Gasteiger partial charge in [-0.3, -0.25) is 0 Å². The minimum Gasteiger partial charge on any atom is -0.422 e. The number of anilines is 1. The van der Waals surface area contributed by atoms with Crippen molar-refractivity contribution in [2.24, 2.45) is 0 Å². The highest BCUT2D eigenvalue weighted by Gasteiger charge is 2.34. The van der Waals surface area contributed by atoms with Gasteiger partial charge < -0.3 is 13.7 Å². The van der Waals surface area contributed by atoms with Crippen LogP contribution in [0, 0.1) is 0 Å². The van der Waals surface area contributed by atoms with Crippen LogP contribution in [0.25, 0.3) is 33.1 Å². The van der Waals surface area contributed by atoms with Crippen molar-refractivity contribution >= 4 is 27.6 Å². The van der Waals surface area contributed by atoms with Crippen LogP contribution in [0.3, 0.4) is 0 Å². The summed E-state index contributed by atoms with van der Waals surface area (Å²) in [4.78, 5) is 26.2. The fourth-order valence-electron chi connectivity index (χ4n) is 3.20. The summed E-state index contributed by atoms with van der Waals surface area (Å²) in [5, 5.41) is 0.272. The standard InChI is InChI=1S/C21H14F3NO4/c1-25(2)12-7-6-11-8-15(20(27)28-17(11)9-12)13-4-3-5-14-16(21(22,23)24)10-18(26)29-19(13)14/h3-10H,1-2H3. The second-order valence-corrected chi connectivity index (χ2v) is 6.72. The van der Waals surface area contributed by atoms with E-state index in [0.29, 0.717) is 17.0 Å². The van der Waals surface area contributed by atoms with Gasteiger partial charge in [0.05, 0.1) is 11.1 Å². The molecule has 0 bridgehead atoms. The Balaban J connectivity index is 2.02. The fraction of sp³-hybridized carbons (Fsp3) is 0.143. The average Bonchev–Trinajstić information content (AvgIpc) is 2.65. The zero-order valence-electron chi connectivity index (χ0n) is 15.3. The number of nitrogens with zero attached hydrogens (tertiary/aromatic N) is 1. The van der Waals surface area contributed by atoms with E-state index in [4.69, 9.17) is 8.83 Å². The quantitative estimate of drug-likeness (QED) is 0.458. The molecule has 29 heavy (non-hydrogen) atoms. The lowest BCUT2D eigenvalue weighted by Gasteiger charge is -2.13. The lowest BCUT2D eigenvalue weighted by Crippen LogP contribution is -2.12.